The Morgan fingerprint density at radius 2 is 0.646 bits per heavy atom. The van der Waals surface area contributed by atoms with Crippen LogP contribution < -0.4 is 0 Å². The first kappa shape index (κ1) is 49.9. The summed E-state index contributed by atoms with van der Waals surface area (Å²) in [7, 11) is 0. The van der Waals surface area contributed by atoms with E-state index in [0.717, 1.165) is 79.4 Å². The molecular formula is C71H47F5N6. The number of nitrogens with zero attached hydrogens (tertiary/aromatic N) is 6. The Morgan fingerprint density at radius 3 is 0.963 bits per heavy atom. The van der Waals surface area contributed by atoms with Gasteiger partial charge in [0.15, 0.2) is 0 Å². The number of hydrogen-bond acceptors (Lipinski definition) is 2. The molecule has 0 amide bonds. The summed E-state index contributed by atoms with van der Waals surface area (Å²) in [6.07, 6.45) is -4.71. The molecule has 0 unspecified atom stereocenters. The molecule has 5 aromatic heterocycles. The highest BCUT2D eigenvalue weighted by molar-refractivity contribution is 6.14. The van der Waals surface area contributed by atoms with Gasteiger partial charge in [-0.05, 0) is 78.9 Å². The van der Waals surface area contributed by atoms with Gasteiger partial charge in [0.05, 0.1) is 72.5 Å². The molecule has 11 heteroatoms. The summed E-state index contributed by atoms with van der Waals surface area (Å²) in [5, 5.41) is 19.2. The minimum absolute atomic E-state index is 0.0549. The number of aromatic nitrogens is 5. The maximum atomic E-state index is 15.6. The van der Waals surface area contributed by atoms with Gasteiger partial charge in [0.25, 0.3) is 5.92 Å². The van der Waals surface area contributed by atoms with Crippen LogP contribution in [0.5, 0.6) is 0 Å². The predicted molar refractivity (Wildman–Crippen MR) is 323 cm³/mol. The van der Waals surface area contributed by atoms with E-state index in [9.17, 15) is 18.4 Å². The number of para-hydroxylation sites is 6. The van der Waals surface area contributed by atoms with Gasteiger partial charge in [-0.15, -0.1) is 0 Å². The largest absolute Gasteiger partial charge is 0.416 e. The van der Waals surface area contributed by atoms with Crippen LogP contribution in [-0.4, -0.2) is 23.3 Å². The zero-order chi connectivity index (χ0) is 56.2. The second-order valence-electron chi connectivity index (χ2n) is 20.4. The lowest BCUT2D eigenvalue weighted by atomic mass is 9.98. The van der Waals surface area contributed by atoms with Crippen molar-refractivity contribution in [3.63, 3.8) is 0 Å². The summed E-state index contributed by atoms with van der Waals surface area (Å²) in [6, 6.07) is 74.3. The van der Waals surface area contributed by atoms with E-state index in [1.807, 2.05) is 164 Å². The van der Waals surface area contributed by atoms with Crippen molar-refractivity contribution in [1.82, 2.24) is 23.3 Å². The molecule has 0 bridgehead atoms. The maximum Gasteiger partial charge on any atom is 0.416 e. The molecule has 396 valence electrons. The van der Waals surface area contributed by atoms with Gasteiger partial charge < -0.3 is 18.3 Å². The van der Waals surface area contributed by atoms with Crippen LogP contribution in [0.2, 0.25) is 0 Å². The van der Waals surface area contributed by atoms with Crippen molar-refractivity contribution in [2.24, 2.45) is 0 Å². The van der Waals surface area contributed by atoms with E-state index in [2.05, 4.69) is 63.7 Å². The molecule has 0 atom stereocenters. The molecule has 15 aromatic rings. The quantitative estimate of drug-likeness (QED) is 0.149. The number of alkyl halides is 5. The molecule has 0 aliphatic heterocycles. The number of nitriles is 1. The standard InChI is InChI=1S/C69H41F5N6.C2H6/c1-68(70,71)43-30-36-53-51-18-6-12-24-60(51)79(62(53)38-43)66-55(40-75)67(80-61-25-13-7-19-52(61)54-37-31-44(39-63(54)80)69(72,73)74)65(42-28-34-46(35-29-42)78-58-22-10-4-16-49(58)50-17-5-11-23-59(50)78)76-64(66)41-26-32-45(33-27-41)77-56-20-8-2-14-47(56)48-15-3-9-21-57(48)77;1-2/h2-39H,1H3;1-2H3. The minimum atomic E-state index is -4.71. The Kier molecular flexibility index (Phi) is 11.5. The third-order valence-corrected chi connectivity index (χ3v) is 15.8. The Labute approximate surface area is 467 Å². The number of fused-ring (bicyclic) bond motifs is 12. The number of benzene rings is 10. The molecule has 5 heterocycles. The molecule has 0 N–H and O–H groups in total. The number of halogens is 5. The van der Waals surface area contributed by atoms with Crippen molar-refractivity contribution < 1.29 is 22.0 Å². The molecule has 0 aliphatic carbocycles. The molecule has 0 fully saturated rings. The van der Waals surface area contributed by atoms with Crippen molar-refractivity contribution in [1.29, 1.82) is 5.26 Å². The SMILES string of the molecule is CC.CC(F)(F)c1ccc2c3ccccc3n(-c3c(-c4ccc(-n5c6ccccc6c6ccccc65)cc4)nc(-c4ccc(-n5c6ccccc6c6ccccc65)cc4)c(-n4c5ccccc5c5ccc(C(F)(F)F)cc54)c3C#N)c2c1. The van der Waals surface area contributed by atoms with Gasteiger partial charge in [-0.25, -0.2) is 13.8 Å². The van der Waals surface area contributed by atoms with Crippen LogP contribution in [-0.2, 0) is 12.1 Å². The average Bonchev–Trinajstić information content (AvgIpc) is 4.44. The van der Waals surface area contributed by atoms with Gasteiger partial charge >= 0.3 is 6.18 Å². The van der Waals surface area contributed by atoms with Gasteiger partial charge in [-0.1, -0.05) is 166 Å². The first-order valence-corrected chi connectivity index (χ1v) is 27.1. The van der Waals surface area contributed by atoms with Crippen LogP contribution in [0.3, 0.4) is 0 Å². The third-order valence-electron chi connectivity index (χ3n) is 15.8. The van der Waals surface area contributed by atoms with Crippen LogP contribution in [0.15, 0.2) is 231 Å². The Balaban J connectivity index is 0.00000298. The first-order chi connectivity index (χ1) is 39.9. The normalized spacial score (nSPS) is 12.1. The minimum Gasteiger partial charge on any atom is -0.309 e. The molecule has 10 aromatic carbocycles. The lowest BCUT2D eigenvalue weighted by Gasteiger charge is -2.23. The first-order valence-electron chi connectivity index (χ1n) is 27.1. The molecule has 6 nitrogen and oxygen atoms in total. The van der Waals surface area contributed by atoms with Crippen molar-refractivity contribution in [3.05, 3.63) is 247 Å². The van der Waals surface area contributed by atoms with Gasteiger partial charge in [0.2, 0.25) is 0 Å². The highest BCUT2D eigenvalue weighted by atomic mass is 19.4. The van der Waals surface area contributed by atoms with E-state index in [1.165, 1.54) is 18.2 Å². The smallest absolute Gasteiger partial charge is 0.309 e. The molecule has 0 saturated carbocycles. The molecule has 0 saturated heterocycles. The predicted octanol–water partition coefficient (Wildman–Crippen LogP) is 19.8. The molecular weight excluding hydrogens is 1030 g/mol. The van der Waals surface area contributed by atoms with Gasteiger partial charge in [0.1, 0.15) is 11.6 Å². The highest BCUT2D eigenvalue weighted by Gasteiger charge is 2.34. The van der Waals surface area contributed by atoms with E-state index in [0.29, 0.717) is 55.2 Å². The van der Waals surface area contributed by atoms with Crippen molar-refractivity contribution in [2.45, 2.75) is 32.9 Å². The van der Waals surface area contributed by atoms with E-state index in [1.54, 1.807) is 10.6 Å². The van der Waals surface area contributed by atoms with Crippen molar-refractivity contribution in [2.75, 3.05) is 0 Å². The molecule has 0 aliphatic rings. The van der Waals surface area contributed by atoms with Crippen molar-refractivity contribution >= 4 is 87.2 Å². The number of hydrogen-bond donors (Lipinski definition) is 0. The fourth-order valence-electron chi connectivity index (χ4n) is 12.3. The van der Waals surface area contributed by atoms with Gasteiger partial charge in [-0.2, -0.15) is 18.4 Å². The summed E-state index contributed by atoms with van der Waals surface area (Å²) in [5.74, 6) is -3.24. The highest BCUT2D eigenvalue weighted by Crippen LogP contribution is 2.47. The van der Waals surface area contributed by atoms with Gasteiger partial charge in [-0.3, -0.25) is 0 Å². The van der Waals surface area contributed by atoms with Crippen LogP contribution in [0.25, 0.3) is 132 Å². The Bertz CT molecular complexity index is 4680. The van der Waals surface area contributed by atoms with E-state index in [-0.39, 0.29) is 28.0 Å². The fraction of sp³-hybridized carbons (Fsp3) is 0.0704. The lowest BCUT2D eigenvalue weighted by Crippen LogP contribution is -2.12. The third kappa shape index (κ3) is 7.62. The second-order valence-corrected chi connectivity index (χ2v) is 20.4. The summed E-state index contributed by atoms with van der Waals surface area (Å²) >= 11 is 0. The average molecular weight is 1080 g/mol. The van der Waals surface area contributed by atoms with Crippen LogP contribution in [0.1, 0.15) is 37.5 Å². The lowest BCUT2D eigenvalue weighted by molar-refractivity contribution is -0.137. The summed E-state index contributed by atoms with van der Waals surface area (Å²) < 4.78 is 84.2. The topological polar surface area (TPSA) is 56.4 Å². The zero-order valence-electron chi connectivity index (χ0n) is 44.5. The van der Waals surface area contributed by atoms with E-state index >= 15 is 8.78 Å². The summed E-state index contributed by atoms with van der Waals surface area (Å²) in [6.45, 7) is 4.85. The van der Waals surface area contributed by atoms with Crippen LogP contribution in [0.4, 0.5) is 22.0 Å². The van der Waals surface area contributed by atoms with Crippen molar-refractivity contribution in [3.8, 4) is 51.3 Å². The maximum absolute atomic E-state index is 15.6. The molecule has 82 heavy (non-hydrogen) atoms. The van der Waals surface area contributed by atoms with E-state index in [4.69, 9.17) is 4.98 Å². The zero-order valence-corrected chi connectivity index (χ0v) is 44.5. The molecule has 0 radical (unpaired) electrons. The number of pyridine rings is 1. The Morgan fingerprint density at radius 1 is 0.354 bits per heavy atom. The van der Waals surface area contributed by atoms with Gasteiger partial charge in [0, 0.05) is 78.1 Å². The summed E-state index contributed by atoms with van der Waals surface area (Å²) in [5.41, 5.74) is 8.73. The monoisotopic (exact) mass is 1080 g/mol. The van der Waals surface area contributed by atoms with Crippen LogP contribution >= 0.6 is 0 Å². The fourth-order valence-corrected chi connectivity index (χ4v) is 12.3. The summed E-state index contributed by atoms with van der Waals surface area (Å²) in [4.78, 5) is 5.71. The molecule has 15 rings (SSSR count). The van der Waals surface area contributed by atoms with E-state index < -0.39 is 17.7 Å². The Hall–Kier alpha value is -10.3. The second kappa shape index (κ2) is 18.9. The van der Waals surface area contributed by atoms with Crippen LogP contribution in [0, 0.1) is 11.3 Å². The molecule has 0 spiro atoms. The number of rotatable bonds is 7.